The van der Waals surface area contributed by atoms with E-state index in [9.17, 15) is 0 Å². The predicted molar refractivity (Wildman–Crippen MR) is 85.3 cm³/mol. The van der Waals surface area contributed by atoms with E-state index in [2.05, 4.69) is 42.2 Å². The molecule has 0 aliphatic heterocycles. The molecule has 0 saturated heterocycles. The van der Waals surface area contributed by atoms with Crippen molar-refractivity contribution in [2.45, 2.75) is 51.5 Å². The topological polar surface area (TPSA) is 51.8 Å². The van der Waals surface area contributed by atoms with E-state index >= 15 is 0 Å². The second-order valence-electron chi connectivity index (χ2n) is 6.11. The lowest BCUT2D eigenvalue weighted by Gasteiger charge is -2.13. The molecule has 1 atom stereocenters. The molecule has 0 amide bonds. The number of aromatic nitrogens is 2. The number of nitrogens with zero attached hydrogens (tertiary/aromatic N) is 2. The molecule has 21 heavy (non-hydrogen) atoms. The number of rotatable bonds is 4. The quantitative estimate of drug-likeness (QED) is 0.937. The summed E-state index contributed by atoms with van der Waals surface area (Å²) in [6, 6.07) is 10.9. The number of fused-ring (bicyclic) bond motifs is 1. The maximum Gasteiger partial charge on any atom is 0.132 e. The van der Waals surface area contributed by atoms with Gasteiger partial charge in [0.15, 0.2) is 0 Å². The average Bonchev–Trinajstić information content (AvgIpc) is 2.90. The molecule has 0 spiro atoms. The number of nitrogens with two attached hydrogens (primary N) is 1. The molecule has 2 N–H and O–H groups in total. The Balaban J connectivity index is 1.83. The van der Waals surface area contributed by atoms with Crippen LogP contribution in [0.5, 0.6) is 0 Å². The fraction of sp³-hybridized carbons (Fsp3) is 0.444. The monoisotopic (exact) mass is 281 g/mol. The van der Waals surface area contributed by atoms with Gasteiger partial charge in [-0.15, -0.1) is 0 Å². The van der Waals surface area contributed by atoms with Crippen molar-refractivity contribution in [3.05, 3.63) is 58.7 Å². The molecule has 1 unspecified atom stereocenters. The van der Waals surface area contributed by atoms with E-state index in [1.54, 1.807) is 0 Å². The summed E-state index contributed by atoms with van der Waals surface area (Å²) >= 11 is 0. The Kier molecular flexibility index (Phi) is 4.02. The van der Waals surface area contributed by atoms with Crippen LogP contribution < -0.4 is 5.73 Å². The molecule has 0 radical (unpaired) electrons. The van der Waals surface area contributed by atoms with Crippen LogP contribution in [0.15, 0.2) is 30.3 Å². The summed E-state index contributed by atoms with van der Waals surface area (Å²) in [6.45, 7) is 4.17. The van der Waals surface area contributed by atoms with Crippen molar-refractivity contribution in [3.63, 3.8) is 0 Å². The molecule has 0 saturated carbocycles. The third kappa shape index (κ3) is 3.13. The highest BCUT2D eigenvalue weighted by molar-refractivity contribution is 5.35. The molecule has 3 nitrogen and oxygen atoms in total. The summed E-state index contributed by atoms with van der Waals surface area (Å²) in [5.74, 6) is 1.41. The Bertz CT molecular complexity index is 611. The lowest BCUT2D eigenvalue weighted by atomic mass is 10.0. The van der Waals surface area contributed by atoms with E-state index in [1.165, 1.54) is 11.1 Å². The van der Waals surface area contributed by atoms with Gasteiger partial charge in [0.25, 0.3) is 0 Å². The molecule has 1 aromatic heterocycles. The summed E-state index contributed by atoms with van der Waals surface area (Å²) < 4.78 is 0. The Labute approximate surface area is 126 Å². The number of benzene rings is 1. The van der Waals surface area contributed by atoms with E-state index in [1.807, 2.05) is 6.92 Å². The molecule has 1 aliphatic carbocycles. The first kappa shape index (κ1) is 14.2. The first-order valence-corrected chi connectivity index (χ1v) is 7.82. The minimum absolute atomic E-state index is 0.188. The van der Waals surface area contributed by atoms with Gasteiger partial charge in [0, 0.05) is 29.8 Å². The van der Waals surface area contributed by atoms with Gasteiger partial charge in [-0.3, -0.25) is 0 Å². The molecule has 3 heteroatoms. The van der Waals surface area contributed by atoms with Gasteiger partial charge in [0.2, 0.25) is 0 Å². The van der Waals surface area contributed by atoms with Crippen molar-refractivity contribution in [3.8, 4) is 0 Å². The normalized spacial score (nSPS) is 16.0. The molecular formula is C18H23N3. The highest BCUT2D eigenvalue weighted by atomic mass is 14.9. The fourth-order valence-electron chi connectivity index (χ4n) is 3.10. The average molecular weight is 281 g/mol. The molecule has 1 aliphatic rings. The van der Waals surface area contributed by atoms with Crippen molar-refractivity contribution >= 4 is 0 Å². The Morgan fingerprint density at radius 2 is 1.86 bits per heavy atom. The smallest absolute Gasteiger partial charge is 0.132 e. The van der Waals surface area contributed by atoms with Gasteiger partial charge in [-0.2, -0.15) is 0 Å². The molecule has 2 aromatic rings. The van der Waals surface area contributed by atoms with Crippen LogP contribution in [-0.2, 0) is 19.3 Å². The Morgan fingerprint density at radius 1 is 1.19 bits per heavy atom. The Hall–Kier alpha value is -1.74. The highest BCUT2D eigenvalue weighted by Crippen LogP contribution is 2.32. The van der Waals surface area contributed by atoms with Gasteiger partial charge in [0.1, 0.15) is 5.82 Å². The van der Waals surface area contributed by atoms with Crippen LogP contribution in [-0.4, -0.2) is 16.0 Å². The lowest BCUT2D eigenvalue weighted by Crippen LogP contribution is -2.22. The van der Waals surface area contributed by atoms with Crippen molar-refractivity contribution in [1.29, 1.82) is 0 Å². The molecule has 110 valence electrons. The zero-order valence-corrected chi connectivity index (χ0v) is 12.8. The summed E-state index contributed by atoms with van der Waals surface area (Å²) in [5.41, 5.74) is 11.1. The van der Waals surface area contributed by atoms with Crippen molar-refractivity contribution in [1.82, 2.24) is 9.97 Å². The summed E-state index contributed by atoms with van der Waals surface area (Å²) in [4.78, 5) is 9.48. The SMILES string of the molecule is CCC(N)Cc1cc(C)nc(C2Cc3ccccc3C2)n1. The van der Waals surface area contributed by atoms with Gasteiger partial charge in [0.05, 0.1) is 0 Å². The molecule has 1 heterocycles. The second kappa shape index (κ2) is 5.94. The minimum Gasteiger partial charge on any atom is -0.327 e. The highest BCUT2D eigenvalue weighted by Gasteiger charge is 2.25. The second-order valence-corrected chi connectivity index (χ2v) is 6.11. The van der Waals surface area contributed by atoms with Crippen LogP contribution in [0, 0.1) is 6.92 Å². The molecular weight excluding hydrogens is 258 g/mol. The van der Waals surface area contributed by atoms with Crippen LogP contribution in [0.3, 0.4) is 0 Å². The van der Waals surface area contributed by atoms with E-state index in [0.717, 1.165) is 42.9 Å². The number of hydrogen-bond acceptors (Lipinski definition) is 3. The molecule has 0 bridgehead atoms. The van der Waals surface area contributed by atoms with E-state index in [4.69, 9.17) is 10.7 Å². The third-order valence-corrected chi connectivity index (χ3v) is 4.34. The van der Waals surface area contributed by atoms with E-state index in [-0.39, 0.29) is 6.04 Å². The minimum atomic E-state index is 0.188. The summed E-state index contributed by atoms with van der Waals surface area (Å²) in [6.07, 6.45) is 3.93. The van der Waals surface area contributed by atoms with Crippen LogP contribution >= 0.6 is 0 Å². The zero-order valence-electron chi connectivity index (χ0n) is 12.8. The Morgan fingerprint density at radius 3 is 2.48 bits per heavy atom. The molecule has 1 aromatic carbocycles. The largest absolute Gasteiger partial charge is 0.327 e. The van der Waals surface area contributed by atoms with Crippen molar-refractivity contribution in [2.24, 2.45) is 5.73 Å². The van der Waals surface area contributed by atoms with Crippen LogP contribution in [0.2, 0.25) is 0 Å². The van der Waals surface area contributed by atoms with Crippen molar-refractivity contribution in [2.75, 3.05) is 0 Å². The lowest BCUT2D eigenvalue weighted by molar-refractivity contribution is 0.618. The van der Waals surface area contributed by atoms with Crippen molar-refractivity contribution < 1.29 is 0 Å². The summed E-state index contributed by atoms with van der Waals surface area (Å²) in [7, 11) is 0. The zero-order chi connectivity index (χ0) is 14.8. The fourth-order valence-corrected chi connectivity index (χ4v) is 3.10. The van der Waals surface area contributed by atoms with Gasteiger partial charge in [-0.05, 0) is 43.4 Å². The first-order valence-electron chi connectivity index (χ1n) is 7.82. The standard InChI is InChI=1S/C18H23N3/c1-3-16(19)11-17-8-12(2)20-18(21-17)15-9-13-6-4-5-7-14(13)10-15/h4-8,15-16H,3,9-11,19H2,1-2H3. The van der Waals surface area contributed by atoms with Crippen LogP contribution in [0.1, 0.15) is 47.6 Å². The van der Waals surface area contributed by atoms with Gasteiger partial charge in [-0.25, -0.2) is 9.97 Å². The van der Waals surface area contributed by atoms with Gasteiger partial charge < -0.3 is 5.73 Å². The van der Waals surface area contributed by atoms with Gasteiger partial charge in [-0.1, -0.05) is 31.2 Å². The first-order chi connectivity index (χ1) is 10.2. The maximum atomic E-state index is 6.07. The third-order valence-electron chi connectivity index (χ3n) is 4.34. The molecule has 0 fully saturated rings. The predicted octanol–water partition coefficient (Wildman–Crippen LogP) is 2.95. The van der Waals surface area contributed by atoms with E-state index < -0.39 is 0 Å². The summed E-state index contributed by atoms with van der Waals surface area (Å²) in [5, 5.41) is 0. The number of hydrogen-bond donors (Lipinski definition) is 1. The van der Waals surface area contributed by atoms with Crippen LogP contribution in [0.4, 0.5) is 0 Å². The molecule has 3 rings (SSSR count). The van der Waals surface area contributed by atoms with Gasteiger partial charge >= 0.3 is 0 Å². The number of aryl methyl sites for hydroxylation is 1. The van der Waals surface area contributed by atoms with E-state index in [0.29, 0.717) is 5.92 Å². The van der Waals surface area contributed by atoms with Crippen LogP contribution in [0.25, 0.3) is 0 Å². The maximum absolute atomic E-state index is 6.07.